The summed E-state index contributed by atoms with van der Waals surface area (Å²) in [5, 5.41) is 11.8. The molecule has 2 aliphatic heterocycles. The van der Waals surface area contributed by atoms with Crippen LogP contribution in [0.2, 0.25) is 0 Å². The van der Waals surface area contributed by atoms with Crippen LogP contribution in [0.1, 0.15) is 30.7 Å². The van der Waals surface area contributed by atoms with Crippen molar-refractivity contribution in [3.05, 3.63) is 59.9 Å². The number of anilines is 1. The first-order chi connectivity index (χ1) is 14.3. The van der Waals surface area contributed by atoms with Crippen LogP contribution < -0.4 is 10.1 Å². The van der Waals surface area contributed by atoms with Crippen molar-refractivity contribution in [2.24, 2.45) is 5.92 Å². The van der Waals surface area contributed by atoms with E-state index in [0.717, 1.165) is 47.2 Å². The highest BCUT2D eigenvalue weighted by Gasteiger charge is 2.26. The van der Waals surface area contributed by atoms with E-state index in [1.807, 2.05) is 48.5 Å². The highest BCUT2D eigenvalue weighted by Crippen LogP contribution is 2.28. The van der Waals surface area contributed by atoms with Crippen LogP contribution in [0.5, 0.6) is 5.75 Å². The zero-order valence-electron chi connectivity index (χ0n) is 16.3. The van der Waals surface area contributed by atoms with Crippen molar-refractivity contribution in [1.82, 2.24) is 14.8 Å². The van der Waals surface area contributed by atoms with Gasteiger partial charge in [0.2, 0.25) is 5.91 Å². The van der Waals surface area contributed by atoms with Crippen LogP contribution in [0.3, 0.4) is 0 Å². The maximum Gasteiger partial charge on any atom is 0.231 e. The van der Waals surface area contributed by atoms with Gasteiger partial charge in [-0.05, 0) is 55.2 Å². The summed E-state index contributed by atoms with van der Waals surface area (Å²) in [5.41, 5.74) is 2.90. The van der Waals surface area contributed by atoms with E-state index in [1.165, 1.54) is 19.3 Å². The molecule has 1 N–H and O–H groups in total. The minimum atomic E-state index is -0.183. The van der Waals surface area contributed by atoms with Gasteiger partial charge in [-0.25, -0.2) is 0 Å². The second kappa shape index (κ2) is 7.70. The molecule has 2 aromatic carbocycles. The van der Waals surface area contributed by atoms with Crippen LogP contribution in [-0.2, 0) is 24.2 Å². The van der Waals surface area contributed by atoms with Crippen LogP contribution in [-0.4, -0.2) is 27.3 Å². The van der Waals surface area contributed by atoms with Crippen LogP contribution in [0.4, 0.5) is 5.69 Å². The zero-order valence-corrected chi connectivity index (χ0v) is 16.3. The first-order valence-electron chi connectivity index (χ1n) is 10.3. The van der Waals surface area contributed by atoms with Gasteiger partial charge in [0, 0.05) is 24.2 Å². The van der Waals surface area contributed by atoms with E-state index in [2.05, 4.69) is 20.1 Å². The van der Waals surface area contributed by atoms with Crippen molar-refractivity contribution in [3.8, 4) is 17.1 Å². The maximum absolute atomic E-state index is 12.7. The van der Waals surface area contributed by atoms with Crippen molar-refractivity contribution < 1.29 is 9.53 Å². The highest BCUT2D eigenvalue weighted by atomic mass is 16.5. The van der Waals surface area contributed by atoms with Gasteiger partial charge in [0.05, 0.1) is 5.92 Å². The molecule has 1 atom stereocenters. The van der Waals surface area contributed by atoms with Gasteiger partial charge < -0.3 is 14.6 Å². The third-order valence-corrected chi connectivity index (χ3v) is 5.77. The van der Waals surface area contributed by atoms with E-state index in [9.17, 15) is 4.79 Å². The van der Waals surface area contributed by atoms with Crippen LogP contribution in [0.25, 0.3) is 11.4 Å². The van der Waals surface area contributed by atoms with Gasteiger partial charge in [0.15, 0.2) is 5.82 Å². The molecule has 0 spiro atoms. The Labute approximate surface area is 169 Å². The Morgan fingerprint density at radius 3 is 2.79 bits per heavy atom. The van der Waals surface area contributed by atoms with Gasteiger partial charge in [-0.1, -0.05) is 24.6 Å². The molecule has 6 nitrogen and oxygen atoms in total. The number of hydrogen-bond donors (Lipinski definition) is 1. The lowest BCUT2D eigenvalue weighted by Gasteiger charge is -2.24. The average Bonchev–Trinajstić information content (AvgIpc) is 3.02. The van der Waals surface area contributed by atoms with Gasteiger partial charge in [-0.3, -0.25) is 4.79 Å². The molecule has 1 amide bonds. The molecule has 0 saturated heterocycles. The number of nitrogens with zero attached hydrogens (tertiary/aromatic N) is 3. The molecule has 1 aromatic heterocycles. The lowest BCUT2D eigenvalue weighted by molar-refractivity contribution is -0.121. The Morgan fingerprint density at radius 2 is 1.90 bits per heavy atom. The molecule has 0 fully saturated rings. The number of ether oxygens (including phenoxy) is 1. The topological polar surface area (TPSA) is 69.0 Å². The Morgan fingerprint density at radius 1 is 1.03 bits per heavy atom. The molecular formula is C23H24N4O2. The fourth-order valence-electron chi connectivity index (χ4n) is 4.14. The standard InChI is InChI=1S/C23H24N4O2/c28-23(18-14-17-6-3-4-7-20(17)29-15-18)24-19-11-9-16(10-12-19)22-26-25-21-8-2-1-5-13-27(21)22/h3-4,6-7,9-12,18H,1-2,5,8,13-15H2,(H,24,28)/t18-/m1/s1. The summed E-state index contributed by atoms with van der Waals surface area (Å²) in [4.78, 5) is 12.7. The van der Waals surface area contributed by atoms with Crippen LogP contribution >= 0.6 is 0 Å². The summed E-state index contributed by atoms with van der Waals surface area (Å²) in [6.45, 7) is 1.38. The summed E-state index contributed by atoms with van der Waals surface area (Å²) < 4.78 is 7.98. The van der Waals surface area contributed by atoms with Crippen LogP contribution in [0.15, 0.2) is 48.5 Å². The third kappa shape index (κ3) is 3.62. The molecule has 3 aromatic rings. The monoisotopic (exact) mass is 388 g/mol. The van der Waals surface area contributed by atoms with Gasteiger partial charge in [0.1, 0.15) is 18.2 Å². The second-order valence-electron chi connectivity index (χ2n) is 7.79. The van der Waals surface area contributed by atoms with E-state index in [0.29, 0.717) is 13.0 Å². The fourth-order valence-corrected chi connectivity index (χ4v) is 4.14. The molecule has 0 bridgehead atoms. The molecular weight excluding hydrogens is 364 g/mol. The summed E-state index contributed by atoms with van der Waals surface area (Å²) in [5.74, 6) is 2.68. The summed E-state index contributed by atoms with van der Waals surface area (Å²) in [6.07, 6.45) is 5.28. The van der Waals surface area contributed by atoms with Gasteiger partial charge >= 0.3 is 0 Å². The molecule has 29 heavy (non-hydrogen) atoms. The normalized spacial score (nSPS) is 18.1. The smallest absolute Gasteiger partial charge is 0.231 e. The van der Waals surface area contributed by atoms with Gasteiger partial charge in [-0.2, -0.15) is 0 Å². The van der Waals surface area contributed by atoms with E-state index in [-0.39, 0.29) is 11.8 Å². The third-order valence-electron chi connectivity index (χ3n) is 5.77. The number of fused-ring (bicyclic) bond motifs is 2. The van der Waals surface area contributed by atoms with Crippen molar-refractivity contribution >= 4 is 11.6 Å². The van der Waals surface area contributed by atoms with Crippen molar-refractivity contribution in [1.29, 1.82) is 0 Å². The average molecular weight is 388 g/mol. The van der Waals surface area contributed by atoms with E-state index < -0.39 is 0 Å². The molecule has 6 heteroatoms. The Bertz CT molecular complexity index is 1030. The largest absolute Gasteiger partial charge is 0.492 e. The van der Waals surface area contributed by atoms with Gasteiger partial charge in [0.25, 0.3) is 0 Å². The molecule has 0 radical (unpaired) electrons. The molecule has 148 valence electrons. The number of para-hydroxylation sites is 1. The van der Waals surface area contributed by atoms with Crippen LogP contribution in [0, 0.1) is 5.92 Å². The number of nitrogens with one attached hydrogen (secondary N) is 1. The number of carbonyl (C=O) groups is 1. The molecule has 0 aliphatic carbocycles. The first-order valence-corrected chi connectivity index (χ1v) is 10.3. The number of amides is 1. The molecule has 5 rings (SSSR count). The summed E-state index contributed by atoms with van der Waals surface area (Å²) in [7, 11) is 0. The predicted molar refractivity (Wildman–Crippen MR) is 111 cm³/mol. The Hall–Kier alpha value is -3.15. The molecule has 3 heterocycles. The molecule has 0 saturated carbocycles. The number of benzene rings is 2. The number of hydrogen-bond acceptors (Lipinski definition) is 4. The highest BCUT2D eigenvalue weighted by molar-refractivity contribution is 5.93. The lowest BCUT2D eigenvalue weighted by atomic mass is 9.96. The zero-order chi connectivity index (χ0) is 19.6. The predicted octanol–water partition coefficient (Wildman–Crippen LogP) is 3.86. The Kier molecular flexibility index (Phi) is 4.76. The molecule has 2 aliphatic rings. The summed E-state index contributed by atoms with van der Waals surface area (Å²) in [6, 6.07) is 15.8. The number of carbonyl (C=O) groups excluding carboxylic acids is 1. The van der Waals surface area contributed by atoms with E-state index in [4.69, 9.17) is 4.74 Å². The quantitative estimate of drug-likeness (QED) is 0.740. The number of aromatic nitrogens is 3. The minimum absolute atomic E-state index is 0.0106. The van der Waals surface area contributed by atoms with E-state index in [1.54, 1.807) is 0 Å². The van der Waals surface area contributed by atoms with Gasteiger partial charge in [-0.15, -0.1) is 10.2 Å². The van der Waals surface area contributed by atoms with Crippen molar-refractivity contribution in [3.63, 3.8) is 0 Å². The van der Waals surface area contributed by atoms with Crippen molar-refractivity contribution in [2.45, 2.75) is 38.6 Å². The fraction of sp³-hybridized carbons (Fsp3) is 0.348. The van der Waals surface area contributed by atoms with Crippen molar-refractivity contribution in [2.75, 3.05) is 11.9 Å². The summed E-state index contributed by atoms with van der Waals surface area (Å²) >= 11 is 0. The second-order valence-corrected chi connectivity index (χ2v) is 7.79. The number of rotatable bonds is 3. The SMILES string of the molecule is O=C(Nc1ccc(-c2nnc3n2CCCCC3)cc1)[C@H]1COc2ccccc2C1. The lowest BCUT2D eigenvalue weighted by Crippen LogP contribution is -2.32. The number of aryl methyl sites for hydroxylation is 1. The maximum atomic E-state index is 12.7. The molecule has 0 unspecified atom stereocenters. The minimum Gasteiger partial charge on any atom is -0.492 e. The Balaban J connectivity index is 1.28. The van der Waals surface area contributed by atoms with E-state index >= 15 is 0 Å². The first kappa shape index (κ1) is 17.9.